The fourth-order valence-corrected chi connectivity index (χ4v) is 2.53. The van der Waals surface area contributed by atoms with E-state index in [9.17, 15) is 8.78 Å². The third-order valence-corrected chi connectivity index (χ3v) is 3.59. The lowest BCUT2D eigenvalue weighted by atomic mass is 10.2. The smallest absolute Gasteiger partial charge is 0.130 e. The van der Waals surface area contributed by atoms with Crippen molar-refractivity contribution in [3.8, 4) is 0 Å². The van der Waals surface area contributed by atoms with Gasteiger partial charge in [-0.2, -0.15) is 0 Å². The Labute approximate surface area is 109 Å². The molecule has 1 nitrogen and oxygen atoms in total. The molecule has 94 valence electrons. The highest BCUT2D eigenvalue weighted by Gasteiger charge is 2.04. The van der Waals surface area contributed by atoms with Crippen molar-refractivity contribution in [1.29, 1.82) is 0 Å². The van der Waals surface area contributed by atoms with Gasteiger partial charge in [0.1, 0.15) is 11.6 Å². The molecule has 0 fully saturated rings. The van der Waals surface area contributed by atoms with Gasteiger partial charge in [0.05, 0.1) is 0 Å². The maximum absolute atomic E-state index is 13.4. The van der Waals surface area contributed by atoms with E-state index in [4.69, 9.17) is 5.73 Å². The van der Waals surface area contributed by atoms with Gasteiger partial charge < -0.3 is 5.73 Å². The van der Waals surface area contributed by atoms with Crippen molar-refractivity contribution in [2.75, 3.05) is 0 Å². The molecule has 0 radical (unpaired) electrons. The van der Waals surface area contributed by atoms with Crippen LogP contribution in [0.1, 0.15) is 11.1 Å². The standard InChI is InChI=1S/C14H13F2NS/c15-12-5-4-11(14(16)7-12)9-18-13-3-1-2-10(6-13)8-17/h1-7H,8-9,17H2. The molecular weight excluding hydrogens is 252 g/mol. The van der Waals surface area contributed by atoms with E-state index in [1.807, 2.05) is 24.3 Å². The van der Waals surface area contributed by atoms with E-state index in [-0.39, 0.29) is 0 Å². The second-order valence-electron chi connectivity index (χ2n) is 3.88. The van der Waals surface area contributed by atoms with Gasteiger partial charge in [0.25, 0.3) is 0 Å². The number of halogens is 2. The van der Waals surface area contributed by atoms with E-state index >= 15 is 0 Å². The van der Waals surface area contributed by atoms with Gasteiger partial charge in [-0.3, -0.25) is 0 Å². The number of hydrogen-bond donors (Lipinski definition) is 1. The molecule has 0 unspecified atom stereocenters. The number of hydrogen-bond acceptors (Lipinski definition) is 2. The molecule has 2 rings (SSSR count). The van der Waals surface area contributed by atoms with Gasteiger partial charge in [-0.1, -0.05) is 18.2 Å². The fraction of sp³-hybridized carbons (Fsp3) is 0.143. The summed E-state index contributed by atoms with van der Waals surface area (Å²) in [5.41, 5.74) is 7.10. The molecule has 0 aliphatic carbocycles. The molecule has 0 aromatic heterocycles. The lowest BCUT2D eigenvalue weighted by molar-refractivity contribution is 0.576. The van der Waals surface area contributed by atoms with Gasteiger partial charge in [0.2, 0.25) is 0 Å². The number of nitrogens with two attached hydrogens (primary N) is 1. The SMILES string of the molecule is NCc1cccc(SCc2ccc(F)cc2F)c1. The zero-order valence-corrected chi connectivity index (χ0v) is 10.5. The summed E-state index contributed by atoms with van der Waals surface area (Å²) in [5.74, 6) is -0.580. The van der Waals surface area contributed by atoms with Gasteiger partial charge >= 0.3 is 0 Å². The topological polar surface area (TPSA) is 26.0 Å². The summed E-state index contributed by atoms with van der Waals surface area (Å²) in [4.78, 5) is 1.03. The summed E-state index contributed by atoms with van der Waals surface area (Å²) >= 11 is 1.51. The average Bonchev–Trinajstić information content (AvgIpc) is 2.38. The van der Waals surface area contributed by atoms with Gasteiger partial charge in [-0.05, 0) is 29.3 Å². The number of rotatable bonds is 4. The van der Waals surface area contributed by atoms with Crippen LogP contribution in [0, 0.1) is 11.6 Å². The predicted molar refractivity (Wildman–Crippen MR) is 70.3 cm³/mol. The van der Waals surface area contributed by atoms with Crippen LogP contribution in [0.3, 0.4) is 0 Å². The molecule has 0 amide bonds. The molecular formula is C14H13F2NS. The Morgan fingerprint density at radius 3 is 2.61 bits per heavy atom. The molecule has 0 spiro atoms. The van der Waals surface area contributed by atoms with Gasteiger partial charge in [0.15, 0.2) is 0 Å². The first-order valence-electron chi connectivity index (χ1n) is 5.55. The quantitative estimate of drug-likeness (QED) is 0.853. The van der Waals surface area contributed by atoms with E-state index in [0.29, 0.717) is 17.9 Å². The van der Waals surface area contributed by atoms with E-state index in [1.165, 1.54) is 23.9 Å². The summed E-state index contributed by atoms with van der Waals surface area (Å²) in [7, 11) is 0. The summed E-state index contributed by atoms with van der Waals surface area (Å²) in [5, 5.41) is 0. The van der Waals surface area contributed by atoms with Gasteiger partial charge in [-0.25, -0.2) is 8.78 Å². The fourth-order valence-electron chi connectivity index (χ4n) is 1.56. The summed E-state index contributed by atoms with van der Waals surface area (Å²) < 4.78 is 26.2. The lowest BCUT2D eigenvalue weighted by Gasteiger charge is -2.05. The summed E-state index contributed by atoms with van der Waals surface area (Å²) in [6.45, 7) is 0.485. The van der Waals surface area contributed by atoms with Crippen molar-refractivity contribution in [2.24, 2.45) is 5.73 Å². The molecule has 2 aromatic rings. The maximum atomic E-state index is 13.4. The molecule has 0 heterocycles. The highest BCUT2D eigenvalue weighted by Crippen LogP contribution is 2.25. The summed E-state index contributed by atoms with van der Waals surface area (Å²) in [6.07, 6.45) is 0. The average molecular weight is 265 g/mol. The van der Waals surface area contributed by atoms with Crippen LogP contribution < -0.4 is 5.73 Å². The van der Waals surface area contributed by atoms with Crippen LogP contribution in [0.5, 0.6) is 0 Å². The highest BCUT2D eigenvalue weighted by molar-refractivity contribution is 7.98. The molecule has 0 aliphatic heterocycles. The van der Waals surface area contributed by atoms with Crippen LogP contribution in [0.4, 0.5) is 8.78 Å². The van der Waals surface area contributed by atoms with Crippen LogP contribution >= 0.6 is 11.8 Å². The van der Waals surface area contributed by atoms with Crippen LogP contribution in [-0.4, -0.2) is 0 Å². The van der Waals surface area contributed by atoms with Crippen molar-refractivity contribution in [3.63, 3.8) is 0 Å². The minimum Gasteiger partial charge on any atom is -0.326 e. The molecule has 0 saturated heterocycles. The highest BCUT2D eigenvalue weighted by atomic mass is 32.2. The molecule has 0 saturated carbocycles. The Bertz CT molecular complexity index is 543. The minimum absolute atomic E-state index is 0.472. The third kappa shape index (κ3) is 3.31. The van der Waals surface area contributed by atoms with Crippen molar-refractivity contribution in [1.82, 2.24) is 0 Å². The van der Waals surface area contributed by atoms with Crippen LogP contribution in [0.15, 0.2) is 47.4 Å². The van der Waals surface area contributed by atoms with E-state index in [1.54, 1.807) is 0 Å². The molecule has 0 bridgehead atoms. The first kappa shape index (κ1) is 13.1. The van der Waals surface area contributed by atoms with Crippen molar-refractivity contribution >= 4 is 11.8 Å². The Kier molecular flexibility index (Phi) is 4.33. The van der Waals surface area contributed by atoms with E-state index in [0.717, 1.165) is 16.5 Å². The number of thioether (sulfide) groups is 1. The Hall–Kier alpha value is -1.39. The first-order valence-corrected chi connectivity index (χ1v) is 6.53. The van der Waals surface area contributed by atoms with E-state index < -0.39 is 11.6 Å². The van der Waals surface area contributed by atoms with Crippen LogP contribution in [0.25, 0.3) is 0 Å². The van der Waals surface area contributed by atoms with Gasteiger partial charge in [-0.15, -0.1) is 11.8 Å². The lowest BCUT2D eigenvalue weighted by Crippen LogP contribution is -1.95. The predicted octanol–water partition coefficient (Wildman–Crippen LogP) is 3.72. The maximum Gasteiger partial charge on any atom is 0.130 e. The largest absolute Gasteiger partial charge is 0.326 e. The van der Waals surface area contributed by atoms with Crippen molar-refractivity contribution in [2.45, 2.75) is 17.2 Å². The van der Waals surface area contributed by atoms with Crippen LogP contribution in [-0.2, 0) is 12.3 Å². The minimum atomic E-state index is -0.550. The Morgan fingerprint density at radius 1 is 1.06 bits per heavy atom. The molecule has 2 aromatic carbocycles. The third-order valence-electron chi connectivity index (χ3n) is 2.54. The van der Waals surface area contributed by atoms with Crippen LogP contribution in [0.2, 0.25) is 0 Å². The Morgan fingerprint density at radius 2 is 1.89 bits per heavy atom. The molecule has 2 N–H and O–H groups in total. The zero-order chi connectivity index (χ0) is 13.0. The Balaban J connectivity index is 2.06. The zero-order valence-electron chi connectivity index (χ0n) is 9.70. The number of benzene rings is 2. The second kappa shape index (κ2) is 5.98. The van der Waals surface area contributed by atoms with Crippen molar-refractivity contribution in [3.05, 3.63) is 65.2 Å². The summed E-state index contributed by atoms with van der Waals surface area (Å²) in [6, 6.07) is 11.5. The molecule has 0 atom stereocenters. The van der Waals surface area contributed by atoms with Crippen molar-refractivity contribution < 1.29 is 8.78 Å². The first-order chi connectivity index (χ1) is 8.69. The van der Waals surface area contributed by atoms with E-state index in [2.05, 4.69) is 0 Å². The molecule has 4 heteroatoms. The van der Waals surface area contributed by atoms with Gasteiger partial charge in [0, 0.05) is 23.3 Å². The monoisotopic (exact) mass is 265 g/mol. The molecule has 0 aliphatic rings. The second-order valence-corrected chi connectivity index (χ2v) is 4.92. The normalized spacial score (nSPS) is 10.6. The molecule has 18 heavy (non-hydrogen) atoms.